The molecule has 4 atom stereocenters. The summed E-state index contributed by atoms with van der Waals surface area (Å²) in [5.74, 6) is -2.81. The number of alkyl halides is 6. The maximum atomic E-state index is 15.0. The highest BCUT2D eigenvalue weighted by Gasteiger charge is 2.57. The van der Waals surface area contributed by atoms with Crippen molar-refractivity contribution in [3.8, 4) is 5.75 Å². The van der Waals surface area contributed by atoms with E-state index in [1.165, 1.54) is 4.90 Å². The van der Waals surface area contributed by atoms with E-state index in [2.05, 4.69) is 4.98 Å². The number of aromatic nitrogens is 1. The van der Waals surface area contributed by atoms with E-state index in [4.69, 9.17) is 4.74 Å². The van der Waals surface area contributed by atoms with Gasteiger partial charge in [-0.05, 0) is 74.1 Å². The Morgan fingerprint density at radius 2 is 1.72 bits per heavy atom. The Kier molecular flexibility index (Phi) is 12.3. The lowest BCUT2D eigenvalue weighted by Crippen LogP contribution is -2.68. The third-order valence-corrected chi connectivity index (χ3v) is 13.7. The van der Waals surface area contributed by atoms with Crippen molar-refractivity contribution in [2.75, 3.05) is 19.6 Å². The minimum Gasteiger partial charge on any atom is -0.481 e. The fraction of sp³-hybridized carbons (Fsp3) is 0.550. The van der Waals surface area contributed by atoms with Gasteiger partial charge >= 0.3 is 18.3 Å². The van der Waals surface area contributed by atoms with Crippen LogP contribution < -0.4 is 4.74 Å². The molecule has 2 N–H and O–H groups in total. The molecule has 17 heteroatoms. The zero-order chi connectivity index (χ0) is 41.4. The van der Waals surface area contributed by atoms with E-state index >= 15 is 4.79 Å². The van der Waals surface area contributed by atoms with Crippen LogP contribution in [0.5, 0.6) is 5.75 Å². The highest BCUT2D eigenvalue weighted by Crippen LogP contribution is 2.50. The summed E-state index contributed by atoms with van der Waals surface area (Å²) in [7, 11) is 0. The third-order valence-electron chi connectivity index (χ3n) is 11.4. The summed E-state index contributed by atoms with van der Waals surface area (Å²) in [6.45, 7) is 3.72. The number of ether oxygens (including phenoxy) is 1. The second-order valence-corrected chi connectivity index (χ2v) is 17.9. The molecule has 3 aromatic rings. The number of carboxylic acid groups (broad SMARTS) is 1. The standard InChI is InChI=1S/C40H45F6N3O6S2/c1-3-8-30-38(55-25-21-31(56-24-25)40(44,45)46,13-7-18-49(30)34(52)33-28(39(41,42)43)10-6-17-47-33)35(53)48-19-15-37(54,16-20-48)27-9-4-5-11-29(27)57-26-12-14-36(2,22-26)23-32(50)51/h4-6,9-11,17,21,24,26,30,54H,3,7-8,12-16,18-20,22-23H2,1-2H3,(H,50,51)/t26-,30-,36-,38+/m1/s1. The van der Waals surface area contributed by atoms with E-state index in [9.17, 15) is 46.1 Å². The highest BCUT2D eigenvalue weighted by atomic mass is 32.2. The van der Waals surface area contributed by atoms with E-state index < -0.39 is 63.5 Å². The van der Waals surface area contributed by atoms with Crippen molar-refractivity contribution >= 4 is 40.9 Å². The van der Waals surface area contributed by atoms with Crippen LogP contribution in [0.2, 0.25) is 0 Å². The van der Waals surface area contributed by atoms with Crippen LogP contribution in [0.25, 0.3) is 0 Å². The van der Waals surface area contributed by atoms with Crippen molar-refractivity contribution < 1.29 is 55.7 Å². The molecule has 0 bridgehead atoms. The second kappa shape index (κ2) is 16.4. The molecule has 0 unspecified atom stereocenters. The molecule has 57 heavy (non-hydrogen) atoms. The Morgan fingerprint density at radius 3 is 2.37 bits per heavy atom. The number of benzene rings is 1. The van der Waals surface area contributed by atoms with E-state index in [1.807, 2.05) is 31.2 Å². The van der Waals surface area contributed by atoms with Gasteiger partial charge in [-0.15, -0.1) is 23.1 Å². The molecular formula is C40H45F6N3O6S2. The molecule has 2 saturated heterocycles. The Balaban J connectivity index is 1.30. The zero-order valence-electron chi connectivity index (χ0n) is 31.5. The second-order valence-electron chi connectivity index (χ2n) is 15.6. The molecule has 2 aromatic heterocycles. The van der Waals surface area contributed by atoms with Gasteiger partial charge in [0.2, 0.25) is 5.60 Å². The summed E-state index contributed by atoms with van der Waals surface area (Å²) in [6, 6.07) is 8.83. The maximum absolute atomic E-state index is 15.0. The average Bonchev–Trinajstić information content (AvgIpc) is 3.78. The smallest absolute Gasteiger partial charge is 0.425 e. The molecule has 1 aromatic carbocycles. The molecule has 0 spiro atoms. The Morgan fingerprint density at radius 1 is 1.00 bits per heavy atom. The van der Waals surface area contributed by atoms with Crippen LogP contribution in [0.15, 0.2) is 58.9 Å². The molecular weight excluding hydrogens is 797 g/mol. The van der Waals surface area contributed by atoms with Crippen molar-refractivity contribution in [2.45, 2.75) is 118 Å². The van der Waals surface area contributed by atoms with Gasteiger partial charge < -0.3 is 24.7 Å². The van der Waals surface area contributed by atoms with Gasteiger partial charge in [0.05, 0.1) is 23.6 Å². The molecule has 1 saturated carbocycles. The van der Waals surface area contributed by atoms with Crippen molar-refractivity contribution in [1.82, 2.24) is 14.8 Å². The normalized spacial score (nSPS) is 25.4. The molecule has 6 rings (SSSR count). The first-order chi connectivity index (χ1) is 26.8. The summed E-state index contributed by atoms with van der Waals surface area (Å²) in [5, 5.41) is 22.8. The van der Waals surface area contributed by atoms with Gasteiger partial charge in [0.25, 0.3) is 11.8 Å². The number of carboxylic acids is 1. The predicted octanol–water partition coefficient (Wildman–Crippen LogP) is 9.04. The summed E-state index contributed by atoms with van der Waals surface area (Å²) in [5.41, 5.74) is -5.10. The molecule has 2 amide bonds. The maximum Gasteiger partial charge on any atom is 0.425 e. The number of thiophene rings is 1. The summed E-state index contributed by atoms with van der Waals surface area (Å²) >= 11 is 1.97. The Labute approximate surface area is 334 Å². The number of carbonyl (C=O) groups is 3. The fourth-order valence-electron chi connectivity index (χ4n) is 8.72. The van der Waals surface area contributed by atoms with Gasteiger partial charge in [0.1, 0.15) is 16.3 Å². The van der Waals surface area contributed by atoms with E-state index in [0.717, 1.165) is 52.4 Å². The minimum absolute atomic E-state index is 0.0161. The van der Waals surface area contributed by atoms with E-state index in [1.54, 1.807) is 18.7 Å². The van der Waals surface area contributed by atoms with Crippen molar-refractivity contribution in [3.63, 3.8) is 0 Å². The summed E-state index contributed by atoms with van der Waals surface area (Å²) in [6.07, 6.45) is -5.52. The first kappa shape index (κ1) is 42.8. The number of amides is 2. The number of likely N-dealkylation sites (tertiary alicyclic amines) is 2. The average molecular weight is 842 g/mol. The first-order valence-corrected chi connectivity index (χ1v) is 20.7. The molecule has 2 aliphatic heterocycles. The van der Waals surface area contributed by atoms with Crippen LogP contribution in [-0.4, -0.2) is 79.3 Å². The third kappa shape index (κ3) is 9.09. The van der Waals surface area contributed by atoms with Gasteiger partial charge in [0, 0.05) is 53.8 Å². The molecule has 310 valence electrons. The van der Waals surface area contributed by atoms with Crippen molar-refractivity contribution in [2.24, 2.45) is 5.41 Å². The number of carbonyl (C=O) groups excluding carboxylic acids is 2. The van der Waals surface area contributed by atoms with Gasteiger partial charge in [-0.25, -0.2) is 0 Å². The number of halogens is 6. The summed E-state index contributed by atoms with van der Waals surface area (Å²) < 4.78 is 89.8. The van der Waals surface area contributed by atoms with Crippen LogP contribution in [0.3, 0.4) is 0 Å². The number of thioether (sulfide) groups is 1. The number of hydrogen-bond acceptors (Lipinski definition) is 8. The predicted molar refractivity (Wildman–Crippen MR) is 201 cm³/mol. The quantitative estimate of drug-likeness (QED) is 0.184. The van der Waals surface area contributed by atoms with Crippen molar-refractivity contribution in [1.29, 1.82) is 0 Å². The van der Waals surface area contributed by atoms with Gasteiger partial charge in [-0.3, -0.25) is 19.4 Å². The molecule has 0 radical (unpaired) electrons. The Hall–Kier alpha value is -3.83. The Bertz CT molecular complexity index is 1950. The lowest BCUT2D eigenvalue weighted by atomic mass is 9.78. The van der Waals surface area contributed by atoms with Crippen molar-refractivity contribution in [3.05, 3.63) is 75.7 Å². The van der Waals surface area contributed by atoms with Gasteiger partial charge in [-0.2, -0.15) is 26.3 Å². The molecule has 4 heterocycles. The molecule has 3 fully saturated rings. The number of hydrogen-bond donors (Lipinski definition) is 2. The van der Waals surface area contributed by atoms with Gasteiger partial charge in [0.15, 0.2) is 0 Å². The lowest BCUT2D eigenvalue weighted by Gasteiger charge is -2.51. The monoisotopic (exact) mass is 841 g/mol. The number of piperidine rings is 2. The number of pyridine rings is 1. The SMILES string of the molecule is CCC[C@H]1N(C(=O)c2ncccc2C(F)(F)F)CCC[C@@]1(Oc1csc(C(F)(F)F)c1)C(=O)N1CCC(O)(c2ccccc2S[C@@H]2CC[C@@](C)(CC(=O)O)C2)CC1. The van der Waals surface area contributed by atoms with Crippen LogP contribution in [0.4, 0.5) is 26.3 Å². The number of nitrogens with zero attached hydrogens (tertiary/aromatic N) is 3. The van der Waals surface area contributed by atoms with Crippen LogP contribution in [0, 0.1) is 5.41 Å². The van der Waals surface area contributed by atoms with Gasteiger partial charge in [-0.1, -0.05) is 38.5 Å². The molecule has 9 nitrogen and oxygen atoms in total. The fourth-order valence-corrected chi connectivity index (χ4v) is 11.0. The number of aliphatic hydroxyl groups is 1. The minimum atomic E-state index is -4.91. The highest BCUT2D eigenvalue weighted by molar-refractivity contribution is 8.00. The van der Waals surface area contributed by atoms with Crippen LogP contribution in [0.1, 0.15) is 105 Å². The zero-order valence-corrected chi connectivity index (χ0v) is 33.1. The number of aliphatic carboxylic acids is 1. The number of rotatable bonds is 11. The topological polar surface area (TPSA) is 120 Å². The van der Waals surface area contributed by atoms with E-state index in [-0.39, 0.29) is 74.6 Å². The lowest BCUT2D eigenvalue weighted by molar-refractivity contribution is -0.163. The van der Waals surface area contributed by atoms with E-state index in [0.29, 0.717) is 29.7 Å². The summed E-state index contributed by atoms with van der Waals surface area (Å²) in [4.78, 5) is 46.8. The largest absolute Gasteiger partial charge is 0.481 e. The molecule has 1 aliphatic carbocycles. The first-order valence-electron chi connectivity index (χ1n) is 19.0. The van der Waals surface area contributed by atoms with Crippen LogP contribution >= 0.6 is 23.1 Å². The molecule has 3 aliphatic rings. The van der Waals surface area contributed by atoms with Crippen LogP contribution in [-0.2, 0) is 27.5 Å².